The van der Waals surface area contributed by atoms with E-state index in [9.17, 15) is 19.2 Å². The Morgan fingerprint density at radius 1 is 0.868 bits per heavy atom. The van der Waals surface area contributed by atoms with E-state index in [1.807, 2.05) is 0 Å². The monoisotopic (exact) mass is 549 g/mol. The molecule has 0 atom stereocenters. The molecule has 2 amide bonds. The van der Waals surface area contributed by atoms with E-state index in [1.165, 1.54) is 29.5 Å². The molecular formula is C26H32FN7O2Si2. The third-order valence-electron chi connectivity index (χ3n) is 4.95. The fourth-order valence-corrected chi connectivity index (χ4v) is 4.33. The van der Waals surface area contributed by atoms with Crippen molar-refractivity contribution in [3.05, 3.63) is 77.1 Å². The predicted octanol–water partition coefficient (Wildman–Crippen LogP) is 4.05. The van der Waals surface area contributed by atoms with Crippen LogP contribution in [-0.2, 0) is 0 Å². The lowest BCUT2D eigenvalue weighted by atomic mass is 10.1. The Labute approximate surface area is 224 Å². The predicted molar refractivity (Wildman–Crippen MR) is 149 cm³/mol. The Hall–Kier alpha value is -4.14. The molecule has 0 spiro atoms. The Morgan fingerprint density at radius 3 is 1.82 bits per heavy atom. The van der Waals surface area contributed by atoms with E-state index >= 15 is 0 Å². The van der Waals surface area contributed by atoms with Gasteiger partial charge in [-0.1, -0.05) is 39.3 Å². The minimum Gasteiger partial charge on any atom is -0.355 e. The lowest BCUT2D eigenvalue weighted by molar-refractivity contribution is 0.0951. The molecule has 2 aromatic carbocycles. The fraction of sp³-hybridized carbons (Fsp3) is 0.308. The average Bonchev–Trinajstić information content (AvgIpc) is 3.40. The molecule has 0 saturated heterocycles. The van der Waals surface area contributed by atoms with Crippen molar-refractivity contribution in [2.75, 3.05) is 12.3 Å². The van der Waals surface area contributed by atoms with E-state index in [2.05, 4.69) is 66.1 Å². The first-order chi connectivity index (χ1) is 17.7. The highest BCUT2D eigenvalue weighted by Crippen LogP contribution is 2.15. The molecular weight excluding hydrogens is 518 g/mol. The van der Waals surface area contributed by atoms with Gasteiger partial charge in [0.15, 0.2) is 0 Å². The van der Waals surface area contributed by atoms with Gasteiger partial charge in [-0.25, -0.2) is 14.1 Å². The van der Waals surface area contributed by atoms with Gasteiger partial charge in [0.05, 0.1) is 33.0 Å². The molecule has 0 bridgehead atoms. The highest BCUT2D eigenvalue weighted by atomic mass is 28.3. The van der Waals surface area contributed by atoms with Crippen molar-refractivity contribution in [3.8, 4) is 17.8 Å². The topological polar surface area (TPSA) is 136 Å². The average molecular weight is 550 g/mol. The maximum absolute atomic E-state index is 13.1. The van der Waals surface area contributed by atoms with Crippen LogP contribution in [0.2, 0.25) is 39.3 Å². The number of nitrogens with zero attached hydrogens (tertiary/aromatic N) is 5. The summed E-state index contributed by atoms with van der Waals surface area (Å²) in [5.74, 6) is -1.02. The van der Waals surface area contributed by atoms with Gasteiger partial charge in [-0.05, 0) is 36.4 Å². The molecule has 3 rings (SSSR count). The first kappa shape index (κ1) is 30.1. The standard InChI is InChI=1S/C14H17N5OSi.C12H15FN2OSi/c1-21(2,3)10-17-14(20)11-4-5-13(12(6-11)7-15)19-9-16-8-18-19;1-17(2,3)8-15-12(16)9-4-5-11(13)10(6-9)7-14/h4-6,8-9H,10H2,1-3H3,(H,17,20);4-6H,8H2,1-3H3,(H,15,16). The zero-order valence-corrected chi connectivity index (χ0v) is 24.5. The van der Waals surface area contributed by atoms with Gasteiger partial charge in [0, 0.05) is 23.5 Å². The number of amides is 2. The summed E-state index contributed by atoms with van der Waals surface area (Å²) in [6, 6.07) is 12.6. The second-order valence-electron chi connectivity index (χ2n) is 11.0. The Morgan fingerprint density at radius 2 is 1.37 bits per heavy atom. The highest BCUT2D eigenvalue weighted by Gasteiger charge is 2.17. The van der Waals surface area contributed by atoms with Gasteiger partial charge in [0.25, 0.3) is 11.8 Å². The largest absolute Gasteiger partial charge is 0.355 e. The summed E-state index contributed by atoms with van der Waals surface area (Å²) >= 11 is 0. The molecule has 2 N–H and O–H groups in total. The van der Waals surface area contributed by atoms with Crippen LogP contribution in [0.25, 0.3) is 5.69 Å². The summed E-state index contributed by atoms with van der Waals surface area (Å²) in [5.41, 5.74) is 1.69. The Balaban J connectivity index is 0.000000273. The molecule has 1 aromatic heterocycles. The van der Waals surface area contributed by atoms with Gasteiger partial charge in [0.1, 0.15) is 30.6 Å². The van der Waals surface area contributed by atoms with Gasteiger partial charge in [0.2, 0.25) is 0 Å². The van der Waals surface area contributed by atoms with Crippen LogP contribution in [0.1, 0.15) is 31.8 Å². The normalized spacial score (nSPS) is 10.9. The van der Waals surface area contributed by atoms with Crippen LogP contribution >= 0.6 is 0 Å². The first-order valence-electron chi connectivity index (χ1n) is 11.9. The maximum atomic E-state index is 13.1. The maximum Gasteiger partial charge on any atom is 0.251 e. The number of rotatable bonds is 7. The molecule has 0 aliphatic heterocycles. The van der Waals surface area contributed by atoms with E-state index in [0.29, 0.717) is 34.7 Å². The summed E-state index contributed by atoms with van der Waals surface area (Å²) in [5, 5.41) is 27.6. The van der Waals surface area contributed by atoms with Crippen LogP contribution in [0.5, 0.6) is 0 Å². The number of hydrogen-bond acceptors (Lipinski definition) is 6. The molecule has 198 valence electrons. The van der Waals surface area contributed by atoms with Crippen LogP contribution in [0, 0.1) is 28.5 Å². The van der Waals surface area contributed by atoms with E-state index in [-0.39, 0.29) is 17.4 Å². The Bertz CT molecular complexity index is 1370. The number of carbonyl (C=O) groups is 2. The molecule has 3 aromatic rings. The van der Waals surface area contributed by atoms with Crippen LogP contribution in [-0.4, -0.2) is 55.1 Å². The first-order valence-corrected chi connectivity index (χ1v) is 19.3. The zero-order chi connectivity index (χ0) is 28.5. The number of nitriles is 2. The molecule has 0 saturated carbocycles. The van der Waals surface area contributed by atoms with Crippen molar-refractivity contribution in [3.63, 3.8) is 0 Å². The number of hydrogen-bond donors (Lipinski definition) is 2. The number of nitrogens with one attached hydrogen (secondary N) is 2. The van der Waals surface area contributed by atoms with Gasteiger partial charge in [-0.3, -0.25) is 9.59 Å². The van der Waals surface area contributed by atoms with Crippen LogP contribution in [0.15, 0.2) is 49.1 Å². The number of aromatic nitrogens is 3. The second kappa shape index (κ2) is 12.9. The van der Waals surface area contributed by atoms with E-state index in [4.69, 9.17) is 5.26 Å². The van der Waals surface area contributed by atoms with E-state index in [0.717, 1.165) is 6.07 Å². The fourth-order valence-electron chi connectivity index (χ4n) is 2.95. The van der Waals surface area contributed by atoms with E-state index < -0.39 is 22.0 Å². The lowest BCUT2D eigenvalue weighted by Gasteiger charge is -2.16. The minimum atomic E-state index is -1.36. The van der Waals surface area contributed by atoms with E-state index in [1.54, 1.807) is 24.3 Å². The van der Waals surface area contributed by atoms with Gasteiger partial charge < -0.3 is 10.6 Å². The summed E-state index contributed by atoms with van der Waals surface area (Å²) in [4.78, 5) is 27.7. The van der Waals surface area contributed by atoms with Crippen molar-refractivity contribution in [1.29, 1.82) is 10.5 Å². The van der Waals surface area contributed by atoms with Crippen LogP contribution in [0.4, 0.5) is 4.39 Å². The number of carbonyl (C=O) groups excluding carboxylic acids is 2. The quantitative estimate of drug-likeness (QED) is 0.427. The lowest BCUT2D eigenvalue weighted by Crippen LogP contribution is -2.39. The summed E-state index contributed by atoms with van der Waals surface area (Å²) in [7, 11) is -2.71. The number of halogens is 1. The van der Waals surface area contributed by atoms with Crippen LogP contribution < -0.4 is 10.6 Å². The van der Waals surface area contributed by atoms with Crippen molar-refractivity contribution in [1.82, 2.24) is 25.4 Å². The zero-order valence-electron chi connectivity index (χ0n) is 22.5. The van der Waals surface area contributed by atoms with Gasteiger partial charge in [-0.2, -0.15) is 15.6 Å². The molecule has 1 heterocycles. The second-order valence-corrected chi connectivity index (χ2v) is 21.9. The molecule has 0 unspecified atom stereocenters. The van der Waals surface area contributed by atoms with Gasteiger partial charge in [-0.15, -0.1) is 0 Å². The molecule has 0 aliphatic rings. The minimum absolute atomic E-state index is 0.106. The molecule has 0 aliphatic carbocycles. The van der Waals surface area contributed by atoms with Crippen molar-refractivity contribution in [2.24, 2.45) is 0 Å². The van der Waals surface area contributed by atoms with Crippen molar-refractivity contribution in [2.45, 2.75) is 39.3 Å². The third-order valence-corrected chi connectivity index (χ3v) is 7.43. The molecule has 12 heteroatoms. The SMILES string of the molecule is C[Si](C)(C)CNC(=O)c1ccc(-n2cncn2)c(C#N)c1.C[Si](C)(C)CNC(=O)c1ccc(F)c(C#N)c1. The Kier molecular flexibility index (Phi) is 10.2. The highest BCUT2D eigenvalue weighted by molar-refractivity contribution is 6.76. The van der Waals surface area contributed by atoms with Crippen LogP contribution in [0.3, 0.4) is 0 Å². The number of benzene rings is 2. The summed E-state index contributed by atoms with van der Waals surface area (Å²) in [6.07, 6.45) is 4.28. The summed E-state index contributed by atoms with van der Waals surface area (Å²) < 4.78 is 14.6. The molecule has 9 nitrogen and oxygen atoms in total. The molecule has 38 heavy (non-hydrogen) atoms. The third kappa shape index (κ3) is 9.39. The smallest absolute Gasteiger partial charge is 0.251 e. The summed E-state index contributed by atoms with van der Waals surface area (Å²) in [6.45, 7) is 13.0. The van der Waals surface area contributed by atoms with Crippen molar-refractivity contribution < 1.29 is 14.0 Å². The molecule has 0 radical (unpaired) electrons. The van der Waals surface area contributed by atoms with Crippen molar-refractivity contribution >= 4 is 28.0 Å². The molecule has 0 fully saturated rings. The van der Waals surface area contributed by atoms with Gasteiger partial charge >= 0.3 is 0 Å².